The Morgan fingerprint density at radius 3 is 2.54 bits per heavy atom. The van der Waals surface area contributed by atoms with Gasteiger partial charge in [0.25, 0.3) is 5.91 Å². The molecule has 0 bridgehead atoms. The van der Waals surface area contributed by atoms with Crippen molar-refractivity contribution in [3.63, 3.8) is 0 Å². The Kier molecular flexibility index (Phi) is 7.54. The number of aromatic nitrogens is 1. The second-order valence-electron chi connectivity index (χ2n) is 8.54. The van der Waals surface area contributed by atoms with Gasteiger partial charge in [0.05, 0.1) is 23.6 Å². The highest BCUT2D eigenvalue weighted by molar-refractivity contribution is 7.89. The number of morpholine rings is 1. The van der Waals surface area contributed by atoms with Gasteiger partial charge < -0.3 is 19.5 Å². The summed E-state index contributed by atoms with van der Waals surface area (Å²) in [4.78, 5) is 28.1. The average molecular weight is 499 g/mol. The molecule has 35 heavy (non-hydrogen) atoms. The summed E-state index contributed by atoms with van der Waals surface area (Å²) in [6.45, 7) is 2.34. The third-order valence-electron chi connectivity index (χ3n) is 6.17. The molecule has 9 nitrogen and oxygen atoms in total. The number of amides is 1. The number of rotatable bonds is 8. The van der Waals surface area contributed by atoms with E-state index >= 15 is 0 Å². The topological polar surface area (TPSA) is 101 Å². The summed E-state index contributed by atoms with van der Waals surface area (Å²) in [5.41, 5.74) is 1.13. The second-order valence-corrected chi connectivity index (χ2v) is 10.5. The number of aryl methyl sites for hydroxylation is 1. The molecule has 4 rings (SSSR count). The van der Waals surface area contributed by atoms with Crippen molar-refractivity contribution in [2.24, 2.45) is 7.05 Å². The monoisotopic (exact) mass is 498 g/mol. The zero-order valence-corrected chi connectivity index (χ0v) is 20.8. The van der Waals surface area contributed by atoms with E-state index < -0.39 is 21.4 Å². The highest BCUT2D eigenvalue weighted by Crippen LogP contribution is 2.21. The first kappa shape index (κ1) is 24.9. The zero-order chi connectivity index (χ0) is 25.0. The number of hydrogen-bond acceptors (Lipinski definition) is 6. The van der Waals surface area contributed by atoms with Gasteiger partial charge in [0.1, 0.15) is 5.56 Å². The van der Waals surface area contributed by atoms with E-state index in [4.69, 9.17) is 4.74 Å². The van der Waals surface area contributed by atoms with E-state index in [1.165, 1.54) is 22.6 Å². The zero-order valence-electron chi connectivity index (χ0n) is 19.9. The van der Waals surface area contributed by atoms with Gasteiger partial charge in [-0.25, -0.2) is 8.42 Å². The molecule has 1 aromatic heterocycles. The lowest BCUT2D eigenvalue weighted by Gasteiger charge is -2.26. The molecule has 1 aliphatic heterocycles. The third-order valence-corrected chi connectivity index (χ3v) is 8.06. The Hall–Kier alpha value is -3.21. The van der Waals surface area contributed by atoms with Gasteiger partial charge in [-0.1, -0.05) is 18.2 Å². The van der Waals surface area contributed by atoms with E-state index in [1.54, 1.807) is 17.7 Å². The van der Waals surface area contributed by atoms with Crippen molar-refractivity contribution in [1.82, 2.24) is 14.2 Å². The lowest BCUT2D eigenvalue weighted by atomic mass is 10.1. The molecule has 186 valence electrons. The van der Waals surface area contributed by atoms with E-state index in [0.29, 0.717) is 31.7 Å². The Morgan fingerprint density at radius 1 is 1.11 bits per heavy atom. The van der Waals surface area contributed by atoms with Gasteiger partial charge in [-0.2, -0.15) is 4.31 Å². The molecule has 1 saturated heterocycles. The van der Waals surface area contributed by atoms with Crippen molar-refractivity contribution >= 4 is 32.5 Å². The van der Waals surface area contributed by atoms with Gasteiger partial charge in [-0.3, -0.25) is 9.59 Å². The predicted molar refractivity (Wildman–Crippen MR) is 135 cm³/mol. The molecular weight excluding hydrogens is 468 g/mol. The van der Waals surface area contributed by atoms with Crippen LogP contribution in [0.3, 0.4) is 0 Å². The van der Waals surface area contributed by atoms with Crippen molar-refractivity contribution in [2.75, 3.05) is 51.3 Å². The van der Waals surface area contributed by atoms with Crippen LogP contribution in [0.2, 0.25) is 0 Å². The molecule has 1 N–H and O–H groups in total. The van der Waals surface area contributed by atoms with Crippen LogP contribution in [0.15, 0.2) is 64.4 Å². The van der Waals surface area contributed by atoms with Crippen molar-refractivity contribution in [3.8, 4) is 0 Å². The van der Waals surface area contributed by atoms with Crippen LogP contribution in [0.25, 0.3) is 10.9 Å². The van der Waals surface area contributed by atoms with Crippen LogP contribution in [0.5, 0.6) is 0 Å². The number of ether oxygens (including phenoxy) is 1. The van der Waals surface area contributed by atoms with Crippen LogP contribution in [-0.2, 0) is 21.8 Å². The van der Waals surface area contributed by atoms with E-state index in [1.807, 2.05) is 37.4 Å². The van der Waals surface area contributed by atoms with E-state index in [9.17, 15) is 18.0 Å². The van der Waals surface area contributed by atoms with Crippen LogP contribution in [0, 0.1) is 0 Å². The van der Waals surface area contributed by atoms with Crippen LogP contribution >= 0.6 is 0 Å². The third kappa shape index (κ3) is 5.39. The van der Waals surface area contributed by atoms with Crippen molar-refractivity contribution in [1.29, 1.82) is 0 Å². The van der Waals surface area contributed by atoms with Crippen molar-refractivity contribution in [2.45, 2.75) is 11.3 Å². The summed E-state index contributed by atoms with van der Waals surface area (Å²) < 4.78 is 34.4. The molecule has 1 amide bonds. The van der Waals surface area contributed by atoms with Crippen LogP contribution in [0.4, 0.5) is 5.69 Å². The molecule has 2 aromatic carbocycles. The van der Waals surface area contributed by atoms with E-state index in [0.717, 1.165) is 12.2 Å². The first-order valence-electron chi connectivity index (χ1n) is 11.5. The van der Waals surface area contributed by atoms with Gasteiger partial charge in [0.2, 0.25) is 15.5 Å². The number of hydrogen-bond donors (Lipinski definition) is 1. The molecule has 0 aliphatic carbocycles. The predicted octanol–water partition coefficient (Wildman–Crippen LogP) is 1.82. The summed E-state index contributed by atoms with van der Waals surface area (Å²) in [6.07, 6.45) is 2.19. The number of pyridine rings is 1. The number of para-hydroxylation sites is 1. The fraction of sp³-hybridized carbons (Fsp3) is 0.360. The Labute approximate surface area is 205 Å². The van der Waals surface area contributed by atoms with Crippen molar-refractivity contribution in [3.05, 3.63) is 70.5 Å². The molecule has 0 radical (unpaired) electrons. The minimum atomic E-state index is -3.76. The highest BCUT2D eigenvalue weighted by Gasteiger charge is 2.27. The standard InChI is InChI=1S/C25H30N4O5S/c1-27(19-7-4-3-5-8-19)12-6-11-26-25(31)22-18-28(2)23-10-9-20(17-21(23)24(22)30)35(32,33)29-13-15-34-16-14-29/h3-5,7-10,17-18H,6,11-16H2,1-2H3,(H,26,31). The van der Waals surface area contributed by atoms with Gasteiger partial charge in [0, 0.05) is 57.5 Å². The smallest absolute Gasteiger partial charge is 0.256 e. The van der Waals surface area contributed by atoms with Gasteiger partial charge in [-0.05, 0) is 36.8 Å². The summed E-state index contributed by atoms with van der Waals surface area (Å²) in [7, 11) is -0.0543. The summed E-state index contributed by atoms with van der Waals surface area (Å²) in [6, 6.07) is 14.4. The fourth-order valence-electron chi connectivity index (χ4n) is 4.15. The Balaban J connectivity index is 1.50. The second kappa shape index (κ2) is 10.6. The van der Waals surface area contributed by atoms with Gasteiger partial charge >= 0.3 is 0 Å². The average Bonchev–Trinajstić information content (AvgIpc) is 2.89. The molecule has 2 heterocycles. The fourth-order valence-corrected chi connectivity index (χ4v) is 5.59. The number of fused-ring (bicyclic) bond motifs is 1. The number of sulfonamides is 1. The number of nitrogens with zero attached hydrogens (tertiary/aromatic N) is 3. The van der Waals surface area contributed by atoms with Crippen LogP contribution in [-0.4, -0.2) is 69.6 Å². The van der Waals surface area contributed by atoms with Crippen molar-refractivity contribution < 1.29 is 17.9 Å². The SMILES string of the molecule is CN(CCCNC(=O)c1cn(C)c2ccc(S(=O)(=O)N3CCOCC3)cc2c1=O)c1ccccc1. The van der Waals surface area contributed by atoms with E-state index in [2.05, 4.69) is 10.2 Å². The van der Waals surface area contributed by atoms with E-state index in [-0.39, 0.29) is 28.9 Å². The summed E-state index contributed by atoms with van der Waals surface area (Å²) >= 11 is 0. The minimum absolute atomic E-state index is 0.0164. The molecule has 3 aromatic rings. The maximum absolute atomic E-state index is 13.2. The normalized spacial score (nSPS) is 14.7. The molecule has 1 fully saturated rings. The highest BCUT2D eigenvalue weighted by atomic mass is 32.2. The number of carbonyl (C=O) groups is 1. The lowest BCUT2D eigenvalue weighted by Crippen LogP contribution is -2.40. The number of carbonyl (C=O) groups excluding carboxylic acids is 1. The minimum Gasteiger partial charge on any atom is -0.379 e. The molecule has 10 heteroatoms. The first-order chi connectivity index (χ1) is 16.8. The molecular formula is C25H30N4O5S. The largest absolute Gasteiger partial charge is 0.379 e. The molecule has 0 saturated carbocycles. The number of anilines is 1. The lowest BCUT2D eigenvalue weighted by molar-refractivity contribution is 0.0730. The number of nitrogens with one attached hydrogen (secondary N) is 1. The Bertz CT molecular complexity index is 1370. The molecule has 1 aliphatic rings. The summed E-state index contributed by atoms with van der Waals surface area (Å²) in [5.74, 6) is -0.476. The Morgan fingerprint density at radius 2 is 1.83 bits per heavy atom. The molecule has 0 unspecified atom stereocenters. The number of benzene rings is 2. The molecule has 0 atom stereocenters. The maximum atomic E-state index is 13.2. The van der Waals surface area contributed by atoms with Crippen LogP contribution < -0.4 is 15.6 Å². The molecule has 0 spiro atoms. The van der Waals surface area contributed by atoms with Gasteiger partial charge in [0.15, 0.2) is 0 Å². The first-order valence-corrected chi connectivity index (χ1v) is 13.0. The van der Waals surface area contributed by atoms with Gasteiger partial charge in [-0.15, -0.1) is 0 Å². The maximum Gasteiger partial charge on any atom is 0.256 e. The van der Waals surface area contributed by atoms with Crippen LogP contribution in [0.1, 0.15) is 16.8 Å². The quantitative estimate of drug-likeness (QED) is 0.476. The summed E-state index contributed by atoms with van der Waals surface area (Å²) in [5, 5.41) is 3.01.